The highest BCUT2D eigenvalue weighted by molar-refractivity contribution is 6.31. The van der Waals surface area contributed by atoms with Crippen LogP contribution >= 0.6 is 11.6 Å². The first-order valence-electron chi connectivity index (χ1n) is 8.36. The van der Waals surface area contributed by atoms with Crippen molar-refractivity contribution in [3.63, 3.8) is 0 Å². The van der Waals surface area contributed by atoms with Crippen LogP contribution in [0.2, 0.25) is 5.02 Å². The van der Waals surface area contributed by atoms with E-state index >= 15 is 0 Å². The number of nitrogens with one attached hydrogen (secondary N) is 1. The van der Waals surface area contributed by atoms with Crippen molar-refractivity contribution >= 4 is 23.2 Å². The molecule has 2 aromatic carbocycles. The van der Waals surface area contributed by atoms with E-state index in [0.29, 0.717) is 11.6 Å². The first-order valence-corrected chi connectivity index (χ1v) is 8.74. The molecular weight excluding hydrogens is 334 g/mol. The molecule has 25 heavy (non-hydrogen) atoms. The maximum Gasteiger partial charge on any atom is 0.236 e. The lowest BCUT2D eigenvalue weighted by Crippen LogP contribution is -2.36. The lowest BCUT2D eigenvalue weighted by atomic mass is 10.1. The summed E-state index contributed by atoms with van der Waals surface area (Å²) in [7, 11) is 5.84. The summed E-state index contributed by atoms with van der Waals surface area (Å²) >= 11 is 6.20. The molecule has 0 saturated heterocycles. The summed E-state index contributed by atoms with van der Waals surface area (Å²) in [6.45, 7) is 2.88. The van der Waals surface area contributed by atoms with Crippen molar-refractivity contribution in [2.75, 3.05) is 32.6 Å². The Bertz CT molecular complexity index is 700. The summed E-state index contributed by atoms with van der Waals surface area (Å²) in [6, 6.07) is 15.9. The van der Waals surface area contributed by atoms with Gasteiger partial charge in [0, 0.05) is 44.4 Å². The van der Waals surface area contributed by atoms with Crippen LogP contribution in [-0.2, 0) is 11.3 Å². The van der Waals surface area contributed by atoms with E-state index in [1.54, 1.807) is 4.90 Å². The number of rotatable bonds is 7. The number of halogens is 1. The molecule has 0 heterocycles. The third-order valence-electron chi connectivity index (χ3n) is 4.23. The SMILES string of the molecule is C[C@H](NCC(=O)N(C)Cc1ccc(N(C)C)cc1)c1ccccc1Cl. The maximum absolute atomic E-state index is 12.4. The Morgan fingerprint density at radius 2 is 1.72 bits per heavy atom. The van der Waals surface area contributed by atoms with Crippen LogP contribution in [0.25, 0.3) is 0 Å². The Hall–Kier alpha value is -2.04. The van der Waals surface area contributed by atoms with E-state index in [2.05, 4.69) is 34.5 Å². The lowest BCUT2D eigenvalue weighted by molar-refractivity contribution is -0.129. The number of hydrogen-bond donors (Lipinski definition) is 1. The van der Waals surface area contributed by atoms with Gasteiger partial charge in [-0.25, -0.2) is 0 Å². The van der Waals surface area contributed by atoms with E-state index in [1.807, 2.05) is 52.3 Å². The van der Waals surface area contributed by atoms with E-state index in [9.17, 15) is 4.79 Å². The molecule has 0 spiro atoms. The van der Waals surface area contributed by atoms with Gasteiger partial charge in [0.2, 0.25) is 5.91 Å². The number of nitrogens with zero attached hydrogens (tertiary/aromatic N) is 2. The zero-order valence-electron chi connectivity index (χ0n) is 15.3. The number of likely N-dealkylation sites (N-methyl/N-ethyl adjacent to an activating group) is 1. The van der Waals surface area contributed by atoms with Crippen molar-refractivity contribution < 1.29 is 4.79 Å². The molecule has 0 aliphatic heterocycles. The monoisotopic (exact) mass is 359 g/mol. The number of carbonyl (C=O) groups is 1. The van der Waals surface area contributed by atoms with Crippen molar-refractivity contribution in [1.82, 2.24) is 10.2 Å². The zero-order chi connectivity index (χ0) is 18.4. The van der Waals surface area contributed by atoms with Crippen molar-refractivity contribution in [3.8, 4) is 0 Å². The summed E-state index contributed by atoms with van der Waals surface area (Å²) < 4.78 is 0. The van der Waals surface area contributed by atoms with E-state index in [4.69, 9.17) is 11.6 Å². The van der Waals surface area contributed by atoms with E-state index in [-0.39, 0.29) is 18.5 Å². The normalized spacial score (nSPS) is 11.9. The fraction of sp³-hybridized carbons (Fsp3) is 0.350. The minimum Gasteiger partial charge on any atom is -0.378 e. The lowest BCUT2D eigenvalue weighted by Gasteiger charge is -2.21. The predicted molar refractivity (Wildman–Crippen MR) is 105 cm³/mol. The molecule has 2 aromatic rings. The molecule has 1 amide bonds. The Morgan fingerprint density at radius 1 is 1.08 bits per heavy atom. The summed E-state index contributed by atoms with van der Waals surface area (Å²) in [5.74, 6) is 0.0515. The van der Waals surface area contributed by atoms with Crippen molar-refractivity contribution in [1.29, 1.82) is 0 Å². The molecular formula is C20H26ClN3O. The Morgan fingerprint density at radius 3 is 2.32 bits per heavy atom. The van der Waals surface area contributed by atoms with Crippen molar-refractivity contribution in [3.05, 3.63) is 64.7 Å². The average Bonchev–Trinajstić information content (AvgIpc) is 2.60. The van der Waals surface area contributed by atoms with E-state index in [0.717, 1.165) is 16.8 Å². The number of hydrogen-bond acceptors (Lipinski definition) is 3. The topological polar surface area (TPSA) is 35.6 Å². The van der Waals surface area contributed by atoms with Gasteiger partial charge in [0.25, 0.3) is 0 Å². The van der Waals surface area contributed by atoms with Crippen LogP contribution in [0.5, 0.6) is 0 Å². The molecule has 2 rings (SSSR count). The highest BCUT2D eigenvalue weighted by Gasteiger charge is 2.13. The Kier molecular flexibility index (Phi) is 6.85. The van der Waals surface area contributed by atoms with Crippen LogP contribution in [0.15, 0.2) is 48.5 Å². The molecule has 1 atom stereocenters. The molecule has 0 aliphatic rings. The molecule has 0 aliphatic carbocycles. The fourth-order valence-electron chi connectivity index (χ4n) is 2.57. The summed E-state index contributed by atoms with van der Waals surface area (Å²) in [4.78, 5) is 16.2. The minimum absolute atomic E-state index is 0.0189. The van der Waals surface area contributed by atoms with Gasteiger partial charge >= 0.3 is 0 Å². The minimum atomic E-state index is 0.0189. The number of anilines is 1. The molecule has 0 radical (unpaired) electrons. The highest BCUT2D eigenvalue weighted by Crippen LogP contribution is 2.22. The quantitative estimate of drug-likeness (QED) is 0.818. The van der Waals surface area contributed by atoms with Crippen LogP contribution in [0.3, 0.4) is 0 Å². The molecule has 0 unspecified atom stereocenters. The second-order valence-corrected chi connectivity index (χ2v) is 6.84. The number of amides is 1. The summed E-state index contributed by atoms with van der Waals surface area (Å²) in [5, 5.41) is 3.96. The van der Waals surface area contributed by atoms with Gasteiger partial charge in [-0.05, 0) is 36.2 Å². The van der Waals surface area contributed by atoms with Crippen molar-refractivity contribution in [2.45, 2.75) is 19.5 Å². The highest BCUT2D eigenvalue weighted by atomic mass is 35.5. The molecule has 0 fully saturated rings. The van der Waals surface area contributed by atoms with Crippen molar-refractivity contribution in [2.24, 2.45) is 0 Å². The standard InChI is InChI=1S/C20H26ClN3O/c1-15(18-7-5-6-8-19(18)21)22-13-20(25)24(4)14-16-9-11-17(12-10-16)23(2)3/h5-12,15,22H,13-14H2,1-4H3/t15-/m0/s1. The first-order chi connectivity index (χ1) is 11.9. The predicted octanol–water partition coefficient (Wildman–Crippen LogP) is 3.72. The zero-order valence-corrected chi connectivity index (χ0v) is 16.0. The molecule has 1 N–H and O–H groups in total. The van der Waals surface area contributed by atoms with Gasteiger partial charge in [-0.15, -0.1) is 0 Å². The average molecular weight is 360 g/mol. The van der Waals surface area contributed by atoms with Gasteiger partial charge in [0.15, 0.2) is 0 Å². The molecule has 0 bridgehead atoms. The summed E-state index contributed by atoms with van der Waals surface area (Å²) in [5.41, 5.74) is 3.26. The third kappa shape index (κ3) is 5.48. The molecule has 0 aromatic heterocycles. The molecule has 5 heteroatoms. The van der Waals surface area contributed by atoms with Crippen LogP contribution < -0.4 is 10.2 Å². The molecule has 4 nitrogen and oxygen atoms in total. The smallest absolute Gasteiger partial charge is 0.236 e. The number of benzene rings is 2. The van der Waals surface area contributed by atoms with Crippen LogP contribution in [0.1, 0.15) is 24.1 Å². The second kappa shape index (κ2) is 8.88. The largest absolute Gasteiger partial charge is 0.378 e. The van der Waals surface area contributed by atoms with Gasteiger partial charge in [-0.3, -0.25) is 4.79 Å². The number of carbonyl (C=O) groups excluding carboxylic acids is 1. The molecule has 0 saturated carbocycles. The van der Waals surface area contributed by atoms with Gasteiger partial charge in [-0.1, -0.05) is 41.9 Å². The van der Waals surface area contributed by atoms with Gasteiger partial charge in [-0.2, -0.15) is 0 Å². The second-order valence-electron chi connectivity index (χ2n) is 6.43. The molecule has 134 valence electrons. The van der Waals surface area contributed by atoms with E-state index in [1.165, 1.54) is 0 Å². The Labute approximate surface area is 155 Å². The van der Waals surface area contributed by atoms with Gasteiger partial charge in [0.05, 0.1) is 6.54 Å². The van der Waals surface area contributed by atoms with Gasteiger partial charge in [0.1, 0.15) is 0 Å². The Balaban J connectivity index is 1.86. The van der Waals surface area contributed by atoms with Crippen LogP contribution in [0.4, 0.5) is 5.69 Å². The van der Waals surface area contributed by atoms with Crippen LogP contribution in [0, 0.1) is 0 Å². The van der Waals surface area contributed by atoms with E-state index < -0.39 is 0 Å². The third-order valence-corrected chi connectivity index (χ3v) is 4.57. The fourth-order valence-corrected chi connectivity index (χ4v) is 2.87. The first kappa shape index (κ1) is 19.3. The van der Waals surface area contributed by atoms with Gasteiger partial charge < -0.3 is 15.1 Å². The summed E-state index contributed by atoms with van der Waals surface area (Å²) in [6.07, 6.45) is 0. The van der Waals surface area contributed by atoms with Crippen LogP contribution in [-0.4, -0.2) is 38.5 Å². The maximum atomic E-state index is 12.4.